The Bertz CT molecular complexity index is 609. The summed E-state index contributed by atoms with van der Waals surface area (Å²) in [4.78, 5) is 0. The lowest BCUT2D eigenvalue weighted by Gasteiger charge is -2.45. The second-order valence-corrected chi connectivity index (χ2v) is 8.45. The van der Waals surface area contributed by atoms with Crippen molar-refractivity contribution in [3.05, 3.63) is 0 Å². The molecule has 0 bridgehead atoms. The zero-order valence-electron chi connectivity index (χ0n) is 18.2. The molecule has 14 heteroatoms. The van der Waals surface area contributed by atoms with Crippen LogP contribution >= 0.6 is 0 Å². The average Bonchev–Trinajstić information content (AvgIpc) is 2.79. The van der Waals surface area contributed by atoms with Gasteiger partial charge in [0.1, 0.15) is 54.9 Å². The molecular formula is C19H34O14. The fourth-order valence-electron chi connectivity index (χ4n) is 4.16. The van der Waals surface area contributed by atoms with Crippen molar-refractivity contribution in [2.24, 2.45) is 0 Å². The van der Waals surface area contributed by atoms with Crippen molar-refractivity contribution < 1.29 is 69.3 Å². The van der Waals surface area contributed by atoms with Gasteiger partial charge in [-0.05, 0) is 6.92 Å². The smallest absolute Gasteiger partial charge is 0.187 e. The van der Waals surface area contributed by atoms with Crippen molar-refractivity contribution in [2.75, 3.05) is 20.3 Å². The number of methoxy groups -OCH3 is 1. The Hall–Kier alpha value is -0.560. The maximum atomic E-state index is 10.4. The maximum absolute atomic E-state index is 10.4. The summed E-state index contributed by atoms with van der Waals surface area (Å²) in [7, 11) is 1.42. The molecule has 3 aliphatic rings. The van der Waals surface area contributed by atoms with E-state index in [0.717, 1.165) is 0 Å². The van der Waals surface area contributed by atoms with E-state index in [2.05, 4.69) is 0 Å². The summed E-state index contributed by atoms with van der Waals surface area (Å²) in [5.41, 5.74) is 0. The van der Waals surface area contributed by atoms with Crippen LogP contribution in [-0.4, -0.2) is 147 Å². The molecule has 3 rings (SSSR count). The lowest BCUT2D eigenvalue weighted by Crippen LogP contribution is -2.63. The molecule has 0 unspecified atom stereocenters. The predicted molar refractivity (Wildman–Crippen MR) is 103 cm³/mol. The van der Waals surface area contributed by atoms with Crippen molar-refractivity contribution in [2.45, 2.75) is 99.4 Å². The van der Waals surface area contributed by atoms with Gasteiger partial charge in [-0.3, -0.25) is 0 Å². The highest BCUT2D eigenvalue weighted by atomic mass is 16.7. The van der Waals surface area contributed by atoms with Crippen LogP contribution in [0, 0.1) is 0 Å². The van der Waals surface area contributed by atoms with E-state index in [1.807, 2.05) is 0 Å². The van der Waals surface area contributed by atoms with Gasteiger partial charge in [0.25, 0.3) is 0 Å². The topological polar surface area (TPSA) is 217 Å². The summed E-state index contributed by atoms with van der Waals surface area (Å²) in [6.45, 7) is 0.501. The summed E-state index contributed by atoms with van der Waals surface area (Å²) in [6, 6.07) is 0. The molecular weight excluding hydrogens is 452 g/mol. The maximum Gasteiger partial charge on any atom is 0.187 e. The van der Waals surface area contributed by atoms with Gasteiger partial charge >= 0.3 is 0 Å². The van der Waals surface area contributed by atoms with Crippen LogP contribution in [0.1, 0.15) is 13.3 Å². The summed E-state index contributed by atoms with van der Waals surface area (Å²) < 4.78 is 32.7. The fraction of sp³-hybridized carbons (Fsp3) is 1.00. The summed E-state index contributed by atoms with van der Waals surface area (Å²) in [5, 5.41) is 79.8. The zero-order chi connectivity index (χ0) is 24.4. The van der Waals surface area contributed by atoms with Gasteiger partial charge in [0.05, 0.1) is 25.4 Å². The molecule has 194 valence electrons. The number of aliphatic hydroxyl groups excluding tert-OH is 8. The second kappa shape index (κ2) is 11.5. The second-order valence-electron chi connectivity index (χ2n) is 8.45. The Kier molecular flexibility index (Phi) is 9.38. The van der Waals surface area contributed by atoms with E-state index in [0.29, 0.717) is 0 Å². The molecule has 33 heavy (non-hydrogen) atoms. The highest BCUT2D eigenvalue weighted by Gasteiger charge is 2.49. The minimum absolute atomic E-state index is 0.100. The SMILES string of the molecule is CO[C@H]1C[C@H](O)O[C@H](C)[C@H]1O[C@@H]1O[C@H](CO[C@@H]2O[C@H](CO)[C@@H](O)[C@H](O)[C@H]2O)[C@@H](O)[C@H](O)[C@H]1O. The minimum Gasteiger partial charge on any atom is -0.394 e. The Labute approximate surface area is 189 Å². The van der Waals surface area contributed by atoms with E-state index in [-0.39, 0.29) is 6.42 Å². The molecule has 3 fully saturated rings. The molecule has 0 aromatic heterocycles. The third-order valence-corrected chi connectivity index (χ3v) is 6.17. The Morgan fingerprint density at radius 2 is 1.33 bits per heavy atom. The third-order valence-electron chi connectivity index (χ3n) is 6.17. The van der Waals surface area contributed by atoms with E-state index in [1.165, 1.54) is 7.11 Å². The molecule has 3 saturated heterocycles. The molecule has 0 aromatic carbocycles. The molecule has 8 N–H and O–H groups in total. The molecule has 0 amide bonds. The highest BCUT2D eigenvalue weighted by Crippen LogP contribution is 2.30. The van der Waals surface area contributed by atoms with Crippen LogP contribution in [0.3, 0.4) is 0 Å². The largest absolute Gasteiger partial charge is 0.394 e. The van der Waals surface area contributed by atoms with E-state index >= 15 is 0 Å². The van der Waals surface area contributed by atoms with Crippen molar-refractivity contribution in [3.8, 4) is 0 Å². The molecule has 3 heterocycles. The van der Waals surface area contributed by atoms with Crippen LogP contribution in [0.15, 0.2) is 0 Å². The molecule has 3 aliphatic heterocycles. The number of aliphatic hydroxyl groups is 8. The van der Waals surface area contributed by atoms with E-state index < -0.39 is 99.2 Å². The van der Waals surface area contributed by atoms with Crippen LogP contribution in [0.5, 0.6) is 0 Å². The summed E-state index contributed by atoms with van der Waals surface area (Å²) in [5.74, 6) is 0. The van der Waals surface area contributed by atoms with Gasteiger partial charge in [-0.15, -0.1) is 0 Å². The van der Waals surface area contributed by atoms with E-state index in [1.54, 1.807) is 6.92 Å². The van der Waals surface area contributed by atoms with Gasteiger partial charge in [0, 0.05) is 13.5 Å². The van der Waals surface area contributed by atoms with Crippen LogP contribution in [-0.2, 0) is 28.4 Å². The van der Waals surface area contributed by atoms with Gasteiger partial charge in [-0.2, -0.15) is 0 Å². The zero-order valence-corrected chi connectivity index (χ0v) is 18.2. The summed E-state index contributed by atoms with van der Waals surface area (Å²) in [6.07, 6.45) is -18.2. The third kappa shape index (κ3) is 5.82. The molecule has 0 aliphatic carbocycles. The van der Waals surface area contributed by atoms with Gasteiger partial charge in [-0.25, -0.2) is 0 Å². The predicted octanol–water partition coefficient (Wildman–Crippen LogP) is -4.86. The van der Waals surface area contributed by atoms with Crippen LogP contribution in [0.4, 0.5) is 0 Å². The first-order valence-electron chi connectivity index (χ1n) is 10.7. The molecule has 0 aromatic rings. The highest BCUT2D eigenvalue weighted by molar-refractivity contribution is 4.93. The van der Waals surface area contributed by atoms with Crippen molar-refractivity contribution >= 4 is 0 Å². The van der Waals surface area contributed by atoms with Crippen molar-refractivity contribution in [1.29, 1.82) is 0 Å². The normalized spacial score (nSPS) is 51.5. The molecule has 0 saturated carbocycles. The minimum atomic E-state index is -1.68. The number of ether oxygens (including phenoxy) is 6. The number of hydrogen-bond acceptors (Lipinski definition) is 14. The van der Waals surface area contributed by atoms with Gasteiger partial charge < -0.3 is 69.3 Å². The number of hydrogen-bond donors (Lipinski definition) is 8. The monoisotopic (exact) mass is 486 g/mol. The average molecular weight is 486 g/mol. The van der Waals surface area contributed by atoms with Crippen LogP contribution in [0.2, 0.25) is 0 Å². The van der Waals surface area contributed by atoms with E-state index in [9.17, 15) is 40.9 Å². The summed E-state index contributed by atoms with van der Waals surface area (Å²) >= 11 is 0. The standard InChI is InChI=1S/C19H34O14/c1-6-17(7(28-2)3-10(21)30-6)33-19-16(27)14(25)12(23)9(32-19)5-29-18-15(26)13(24)11(22)8(4-20)31-18/h6-27H,3-5H2,1-2H3/t6-,7+,8-,9-,10-,11-,12-,13+,14+,15-,16-,17-,18-,19+/m1/s1. The molecule has 14 atom stereocenters. The van der Waals surface area contributed by atoms with Crippen LogP contribution in [0.25, 0.3) is 0 Å². The molecule has 14 nitrogen and oxygen atoms in total. The lowest BCUT2D eigenvalue weighted by molar-refractivity contribution is -0.351. The molecule has 0 spiro atoms. The van der Waals surface area contributed by atoms with Gasteiger partial charge in [-0.1, -0.05) is 0 Å². The first kappa shape index (κ1) is 27.0. The van der Waals surface area contributed by atoms with Gasteiger partial charge in [0.15, 0.2) is 18.9 Å². The lowest BCUT2D eigenvalue weighted by atomic mass is 9.97. The molecule has 0 radical (unpaired) electrons. The Morgan fingerprint density at radius 1 is 0.758 bits per heavy atom. The van der Waals surface area contributed by atoms with E-state index in [4.69, 9.17) is 28.4 Å². The Balaban J connectivity index is 1.64. The fourth-order valence-corrected chi connectivity index (χ4v) is 4.16. The number of rotatable bonds is 7. The van der Waals surface area contributed by atoms with Crippen molar-refractivity contribution in [1.82, 2.24) is 0 Å². The quantitative estimate of drug-likeness (QED) is 0.169. The Morgan fingerprint density at radius 3 is 1.94 bits per heavy atom. The van der Waals surface area contributed by atoms with Gasteiger partial charge in [0.2, 0.25) is 0 Å². The first-order chi connectivity index (χ1) is 15.6. The van der Waals surface area contributed by atoms with Crippen LogP contribution < -0.4 is 0 Å². The van der Waals surface area contributed by atoms with Crippen molar-refractivity contribution in [3.63, 3.8) is 0 Å². The first-order valence-corrected chi connectivity index (χ1v) is 10.7.